The lowest BCUT2D eigenvalue weighted by atomic mass is 9.99. The van der Waals surface area contributed by atoms with E-state index in [0.29, 0.717) is 0 Å². The van der Waals surface area contributed by atoms with Crippen LogP contribution in [-0.2, 0) is 4.79 Å². The lowest BCUT2D eigenvalue weighted by Gasteiger charge is -2.36. The number of aryl methyl sites for hydroxylation is 2. The Morgan fingerprint density at radius 3 is 2.11 bits per heavy atom. The number of likely N-dealkylation sites (N-methyl/N-ethyl adjacent to an activating group) is 1. The smallest absolute Gasteiger partial charge is 0.325 e. The van der Waals surface area contributed by atoms with E-state index in [-0.39, 0.29) is 0 Å². The van der Waals surface area contributed by atoms with Gasteiger partial charge in [0.05, 0.1) is 0 Å². The second-order valence-corrected chi connectivity index (χ2v) is 5.50. The molecule has 1 N–H and O–H groups in total. The fraction of sp³-hybridized carbons (Fsp3) is 0.533. The Balaban J connectivity index is 2.27. The summed E-state index contributed by atoms with van der Waals surface area (Å²) < 4.78 is 0. The molecule has 1 aromatic carbocycles. The lowest BCUT2D eigenvalue weighted by Crippen LogP contribution is -2.47. The van der Waals surface area contributed by atoms with Crippen LogP contribution in [0.2, 0.25) is 0 Å². The summed E-state index contributed by atoms with van der Waals surface area (Å²) in [4.78, 5) is 15.9. The van der Waals surface area contributed by atoms with Crippen molar-refractivity contribution in [1.82, 2.24) is 9.80 Å². The monoisotopic (exact) mass is 262 g/mol. The van der Waals surface area contributed by atoms with Crippen molar-refractivity contribution in [3.63, 3.8) is 0 Å². The van der Waals surface area contributed by atoms with Crippen molar-refractivity contribution in [2.24, 2.45) is 0 Å². The van der Waals surface area contributed by atoms with E-state index >= 15 is 0 Å². The Hall–Kier alpha value is -1.39. The van der Waals surface area contributed by atoms with Gasteiger partial charge in [-0.1, -0.05) is 29.3 Å². The van der Waals surface area contributed by atoms with Crippen LogP contribution in [-0.4, -0.2) is 54.1 Å². The average Bonchev–Trinajstić information content (AvgIpc) is 2.30. The van der Waals surface area contributed by atoms with E-state index in [1.54, 1.807) is 0 Å². The van der Waals surface area contributed by atoms with Gasteiger partial charge in [0.15, 0.2) is 0 Å². The van der Waals surface area contributed by atoms with E-state index in [9.17, 15) is 9.90 Å². The molecule has 0 bridgehead atoms. The van der Waals surface area contributed by atoms with Gasteiger partial charge in [0.25, 0.3) is 0 Å². The minimum absolute atomic E-state index is 0.521. The molecule has 4 nitrogen and oxygen atoms in total. The van der Waals surface area contributed by atoms with Gasteiger partial charge in [-0.25, -0.2) is 0 Å². The lowest BCUT2D eigenvalue weighted by molar-refractivity contribution is -0.144. The van der Waals surface area contributed by atoms with Crippen LogP contribution in [0, 0.1) is 13.8 Å². The largest absolute Gasteiger partial charge is 0.480 e. The average molecular weight is 262 g/mol. The number of benzene rings is 1. The SMILES string of the molecule is Cc1cc(C)cc(C(C(=O)O)N2CCN(C)CC2)c1. The summed E-state index contributed by atoms with van der Waals surface area (Å²) in [5, 5.41) is 9.57. The third-order valence-electron chi connectivity index (χ3n) is 3.70. The summed E-state index contributed by atoms with van der Waals surface area (Å²) in [7, 11) is 2.07. The Morgan fingerprint density at radius 1 is 1.11 bits per heavy atom. The molecule has 4 heteroatoms. The van der Waals surface area contributed by atoms with E-state index in [0.717, 1.165) is 42.9 Å². The molecule has 0 aromatic heterocycles. The van der Waals surface area contributed by atoms with E-state index in [4.69, 9.17) is 0 Å². The highest BCUT2D eigenvalue weighted by Gasteiger charge is 2.29. The number of hydrogen-bond donors (Lipinski definition) is 1. The van der Waals surface area contributed by atoms with Gasteiger partial charge in [0, 0.05) is 26.2 Å². The third-order valence-corrected chi connectivity index (χ3v) is 3.70. The van der Waals surface area contributed by atoms with Crippen molar-refractivity contribution in [3.8, 4) is 0 Å². The van der Waals surface area contributed by atoms with E-state index in [1.807, 2.05) is 26.0 Å². The first kappa shape index (κ1) is 14.0. The van der Waals surface area contributed by atoms with Gasteiger partial charge in [-0.15, -0.1) is 0 Å². The summed E-state index contributed by atoms with van der Waals surface area (Å²) in [6.07, 6.45) is 0. The summed E-state index contributed by atoms with van der Waals surface area (Å²) in [5.74, 6) is -0.755. The van der Waals surface area contributed by atoms with Gasteiger partial charge in [0.2, 0.25) is 0 Å². The second kappa shape index (κ2) is 5.72. The Bertz CT molecular complexity index is 445. The van der Waals surface area contributed by atoms with Crippen LogP contribution in [0.3, 0.4) is 0 Å². The minimum atomic E-state index is -0.755. The molecule has 0 amide bonds. The standard InChI is InChI=1S/C15H22N2O2/c1-11-8-12(2)10-13(9-11)14(15(18)19)17-6-4-16(3)5-7-17/h8-10,14H,4-7H2,1-3H3,(H,18,19). The number of carboxylic acid groups (broad SMARTS) is 1. The molecular weight excluding hydrogens is 240 g/mol. The van der Waals surface area contributed by atoms with Crippen LogP contribution < -0.4 is 0 Å². The third kappa shape index (κ3) is 3.33. The number of nitrogens with zero attached hydrogens (tertiary/aromatic N) is 2. The highest BCUT2D eigenvalue weighted by Crippen LogP contribution is 2.24. The molecule has 1 unspecified atom stereocenters. The Kier molecular flexibility index (Phi) is 4.22. The van der Waals surface area contributed by atoms with E-state index < -0.39 is 12.0 Å². The number of hydrogen-bond acceptors (Lipinski definition) is 3. The summed E-state index contributed by atoms with van der Waals surface area (Å²) >= 11 is 0. The number of aliphatic carboxylic acids is 1. The van der Waals surface area contributed by atoms with Crippen LogP contribution in [0.15, 0.2) is 18.2 Å². The van der Waals surface area contributed by atoms with Crippen molar-refractivity contribution < 1.29 is 9.90 Å². The second-order valence-electron chi connectivity index (χ2n) is 5.50. The van der Waals surface area contributed by atoms with Gasteiger partial charge in [-0.05, 0) is 26.5 Å². The molecule has 0 saturated carbocycles. The Morgan fingerprint density at radius 2 is 1.63 bits per heavy atom. The molecule has 0 aliphatic carbocycles. The van der Waals surface area contributed by atoms with E-state index in [1.165, 1.54) is 0 Å². The van der Waals surface area contributed by atoms with Crippen molar-refractivity contribution >= 4 is 5.97 Å². The summed E-state index contributed by atoms with van der Waals surface area (Å²) in [6, 6.07) is 5.54. The fourth-order valence-corrected chi connectivity index (χ4v) is 2.76. The van der Waals surface area contributed by atoms with Crippen LogP contribution in [0.4, 0.5) is 0 Å². The van der Waals surface area contributed by atoms with Gasteiger partial charge < -0.3 is 10.0 Å². The van der Waals surface area contributed by atoms with Crippen molar-refractivity contribution in [3.05, 3.63) is 34.9 Å². The predicted molar refractivity (Wildman–Crippen MR) is 75.4 cm³/mol. The van der Waals surface area contributed by atoms with Crippen LogP contribution in [0.1, 0.15) is 22.7 Å². The molecule has 1 saturated heterocycles. The van der Waals surface area contributed by atoms with Gasteiger partial charge in [-0.3, -0.25) is 9.69 Å². The first-order valence-electron chi connectivity index (χ1n) is 6.71. The van der Waals surface area contributed by atoms with Crippen molar-refractivity contribution in [2.45, 2.75) is 19.9 Å². The molecule has 1 aliphatic rings. The zero-order valence-electron chi connectivity index (χ0n) is 11.9. The maximum Gasteiger partial charge on any atom is 0.325 e. The molecule has 0 spiro atoms. The normalized spacial score (nSPS) is 19.3. The molecule has 1 aliphatic heterocycles. The Labute approximate surface area is 114 Å². The van der Waals surface area contributed by atoms with Crippen LogP contribution in [0.5, 0.6) is 0 Å². The molecule has 1 heterocycles. The summed E-state index contributed by atoms with van der Waals surface area (Å²) in [5.41, 5.74) is 3.14. The number of carboxylic acids is 1. The summed E-state index contributed by atoms with van der Waals surface area (Å²) in [6.45, 7) is 7.49. The van der Waals surface area contributed by atoms with E-state index in [2.05, 4.69) is 22.9 Å². The highest BCUT2D eigenvalue weighted by atomic mass is 16.4. The first-order chi connectivity index (χ1) is 8.97. The molecule has 0 radical (unpaired) electrons. The van der Waals surface area contributed by atoms with Crippen LogP contribution >= 0.6 is 0 Å². The molecule has 1 aromatic rings. The van der Waals surface area contributed by atoms with Crippen LogP contribution in [0.25, 0.3) is 0 Å². The van der Waals surface area contributed by atoms with Gasteiger partial charge in [-0.2, -0.15) is 0 Å². The first-order valence-corrected chi connectivity index (χ1v) is 6.71. The van der Waals surface area contributed by atoms with Crippen molar-refractivity contribution in [2.75, 3.05) is 33.2 Å². The number of carbonyl (C=O) groups is 1. The molecule has 1 fully saturated rings. The molecular formula is C15H22N2O2. The fourth-order valence-electron chi connectivity index (χ4n) is 2.76. The molecule has 104 valence electrons. The molecule has 19 heavy (non-hydrogen) atoms. The molecule has 1 atom stereocenters. The molecule has 2 rings (SSSR count). The van der Waals surface area contributed by atoms with Gasteiger partial charge >= 0.3 is 5.97 Å². The van der Waals surface area contributed by atoms with Gasteiger partial charge in [0.1, 0.15) is 6.04 Å². The quantitative estimate of drug-likeness (QED) is 0.900. The highest BCUT2D eigenvalue weighted by molar-refractivity contribution is 5.75. The number of rotatable bonds is 3. The predicted octanol–water partition coefficient (Wildman–Crippen LogP) is 1.68. The minimum Gasteiger partial charge on any atom is -0.480 e. The number of piperazine rings is 1. The zero-order valence-corrected chi connectivity index (χ0v) is 11.9. The zero-order chi connectivity index (χ0) is 14.0. The topological polar surface area (TPSA) is 43.8 Å². The van der Waals surface area contributed by atoms with Crippen molar-refractivity contribution in [1.29, 1.82) is 0 Å². The maximum atomic E-state index is 11.6. The maximum absolute atomic E-state index is 11.6.